The summed E-state index contributed by atoms with van der Waals surface area (Å²) in [5, 5.41) is 0.196. The standard InChI is InChI=1S/C21H31N3O3S/c1-3-28(25,26)21-22-15-20(16-23-13-8-7-11-19(23)17-27-2)24(21)14-12-18-9-5-4-6-10-18/h4-6,9-10,15,19H,3,7-8,11-14,16-17H2,1-2H3/t19-/m0/s1. The molecule has 1 saturated heterocycles. The van der Waals surface area contributed by atoms with E-state index in [9.17, 15) is 8.42 Å². The summed E-state index contributed by atoms with van der Waals surface area (Å²) in [4.78, 5) is 6.73. The molecule has 3 rings (SSSR count). The van der Waals surface area contributed by atoms with Gasteiger partial charge in [-0.2, -0.15) is 0 Å². The Bertz CT molecular complexity index is 847. The van der Waals surface area contributed by atoms with E-state index in [4.69, 9.17) is 4.74 Å². The van der Waals surface area contributed by atoms with Crippen LogP contribution in [0.2, 0.25) is 0 Å². The van der Waals surface area contributed by atoms with Crippen molar-refractivity contribution in [2.75, 3.05) is 26.0 Å². The second-order valence-electron chi connectivity index (χ2n) is 7.40. The Morgan fingerprint density at radius 3 is 2.71 bits per heavy atom. The number of aryl methyl sites for hydroxylation is 1. The minimum Gasteiger partial charge on any atom is -0.383 e. The lowest BCUT2D eigenvalue weighted by atomic mass is 10.0. The minimum atomic E-state index is -3.37. The molecule has 0 saturated carbocycles. The number of aromatic nitrogens is 2. The summed E-state index contributed by atoms with van der Waals surface area (Å²) in [6.07, 6.45) is 6.02. The Kier molecular flexibility index (Phi) is 7.26. The molecule has 1 aromatic carbocycles. The zero-order chi connectivity index (χ0) is 20.0. The Labute approximate surface area is 168 Å². The SMILES string of the molecule is CCS(=O)(=O)c1ncc(CN2CCCC[C@H]2COC)n1CCc1ccccc1. The Balaban J connectivity index is 1.85. The predicted octanol–water partition coefficient (Wildman–Crippen LogP) is 2.92. The normalized spacial score (nSPS) is 18.4. The Hall–Kier alpha value is -1.70. The highest BCUT2D eigenvalue weighted by Gasteiger charge is 2.26. The van der Waals surface area contributed by atoms with Crippen LogP contribution in [0.3, 0.4) is 0 Å². The lowest BCUT2D eigenvalue weighted by Crippen LogP contribution is -2.42. The van der Waals surface area contributed by atoms with E-state index < -0.39 is 9.84 Å². The van der Waals surface area contributed by atoms with Crippen LogP contribution in [0.1, 0.15) is 37.4 Å². The quantitative estimate of drug-likeness (QED) is 0.642. The van der Waals surface area contributed by atoms with E-state index in [1.165, 1.54) is 18.4 Å². The van der Waals surface area contributed by atoms with Crippen molar-refractivity contribution in [3.05, 3.63) is 47.8 Å². The van der Waals surface area contributed by atoms with Crippen molar-refractivity contribution in [1.82, 2.24) is 14.5 Å². The third-order valence-corrected chi connectivity index (χ3v) is 7.14. The topological polar surface area (TPSA) is 64.4 Å². The van der Waals surface area contributed by atoms with E-state index in [-0.39, 0.29) is 10.9 Å². The zero-order valence-corrected chi connectivity index (χ0v) is 17.7. The summed E-state index contributed by atoms with van der Waals surface area (Å²) >= 11 is 0. The van der Waals surface area contributed by atoms with Crippen molar-refractivity contribution in [1.29, 1.82) is 0 Å². The first kappa shape index (κ1) is 21.0. The van der Waals surface area contributed by atoms with Gasteiger partial charge in [-0.25, -0.2) is 13.4 Å². The average molecular weight is 406 g/mol. The van der Waals surface area contributed by atoms with Gasteiger partial charge in [0.2, 0.25) is 15.0 Å². The van der Waals surface area contributed by atoms with Crippen LogP contribution in [0.5, 0.6) is 0 Å². The first-order valence-electron chi connectivity index (χ1n) is 10.1. The molecule has 0 radical (unpaired) electrons. The summed E-state index contributed by atoms with van der Waals surface area (Å²) in [5.41, 5.74) is 2.16. The average Bonchev–Trinajstić information content (AvgIpc) is 3.12. The number of hydrogen-bond acceptors (Lipinski definition) is 5. The lowest BCUT2D eigenvalue weighted by molar-refractivity contribution is 0.0584. The van der Waals surface area contributed by atoms with Gasteiger partial charge in [-0.1, -0.05) is 43.7 Å². The van der Waals surface area contributed by atoms with E-state index in [0.717, 1.165) is 25.1 Å². The van der Waals surface area contributed by atoms with Gasteiger partial charge in [0.05, 0.1) is 24.3 Å². The molecule has 0 spiro atoms. The number of ether oxygens (including phenoxy) is 1. The molecule has 2 heterocycles. The molecule has 6 nitrogen and oxygen atoms in total. The number of methoxy groups -OCH3 is 1. The maximum Gasteiger partial charge on any atom is 0.227 e. The Morgan fingerprint density at radius 2 is 2.00 bits per heavy atom. The number of likely N-dealkylation sites (tertiary alicyclic amines) is 1. The summed E-state index contributed by atoms with van der Waals surface area (Å²) < 4.78 is 32.5. The van der Waals surface area contributed by atoms with Crippen molar-refractivity contribution in [3.63, 3.8) is 0 Å². The lowest BCUT2D eigenvalue weighted by Gasteiger charge is -2.35. The number of hydrogen-bond donors (Lipinski definition) is 0. The van der Waals surface area contributed by atoms with Gasteiger partial charge in [0.25, 0.3) is 0 Å². The molecule has 1 aliphatic rings. The van der Waals surface area contributed by atoms with Crippen molar-refractivity contribution in [3.8, 4) is 0 Å². The van der Waals surface area contributed by atoms with Crippen molar-refractivity contribution < 1.29 is 13.2 Å². The van der Waals surface area contributed by atoms with Gasteiger partial charge in [0.15, 0.2) is 0 Å². The summed E-state index contributed by atoms with van der Waals surface area (Å²) in [6.45, 7) is 4.70. The highest BCUT2D eigenvalue weighted by molar-refractivity contribution is 7.91. The van der Waals surface area contributed by atoms with Gasteiger partial charge in [0, 0.05) is 26.2 Å². The van der Waals surface area contributed by atoms with Crippen LogP contribution in [0, 0.1) is 0 Å². The summed E-state index contributed by atoms with van der Waals surface area (Å²) in [6, 6.07) is 10.5. The predicted molar refractivity (Wildman–Crippen MR) is 110 cm³/mol. The van der Waals surface area contributed by atoms with Crippen molar-refractivity contribution >= 4 is 9.84 Å². The molecule has 0 aliphatic carbocycles. The second-order valence-corrected chi connectivity index (χ2v) is 9.57. The van der Waals surface area contributed by atoms with Crippen LogP contribution in [-0.4, -0.2) is 54.9 Å². The molecular weight excluding hydrogens is 374 g/mol. The van der Waals surface area contributed by atoms with Crippen LogP contribution >= 0.6 is 0 Å². The minimum absolute atomic E-state index is 0.0603. The van der Waals surface area contributed by atoms with Crippen molar-refractivity contribution in [2.45, 2.75) is 56.9 Å². The van der Waals surface area contributed by atoms with Gasteiger partial charge < -0.3 is 9.30 Å². The summed E-state index contributed by atoms with van der Waals surface area (Å²) in [5.74, 6) is 0.0603. The highest BCUT2D eigenvalue weighted by atomic mass is 32.2. The molecule has 7 heteroatoms. The molecule has 1 atom stereocenters. The molecule has 1 fully saturated rings. The van der Waals surface area contributed by atoms with Crippen LogP contribution < -0.4 is 0 Å². The maximum absolute atomic E-state index is 12.6. The van der Waals surface area contributed by atoms with Gasteiger partial charge >= 0.3 is 0 Å². The van der Waals surface area contributed by atoms with Gasteiger partial charge in [-0.05, 0) is 31.4 Å². The van der Waals surface area contributed by atoms with Gasteiger partial charge in [-0.15, -0.1) is 0 Å². The molecule has 1 aliphatic heterocycles. The molecule has 0 amide bonds. The van der Waals surface area contributed by atoms with Crippen LogP contribution in [0.15, 0.2) is 41.7 Å². The third-order valence-electron chi connectivity index (χ3n) is 5.50. The fraction of sp³-hybridized carbons (Fsp3) is 0.571. The number of nitrogens with zero attached hydrogens (tertiary/aromatic N) is 3. The number of rotatable bonds is 9. The first-order chi connectivity index (χ1) is 13.5. The zero-order valence-electron chi connectivity index (χ0n) is 16.9. The Morgan fingerprint density at radius 1 is 1.21 bits per heavy atom. The maximum atomic E-state index is 12.6. The third kappa shape index (κ3) is 5.01. The molecule has 0 unspecified atom stereocenters. The number of benzene rings is 1. The van der Waals surface area contributed by atoms with Gasteiger partial charge in [-0.3, -0.25) is 4.90 Å². The fourth-order valence-corrected chi connectivity index (χ4v) is 4.89. The highest BCUT2D eigenvalue weighted by Crippen LogP contribution is 2.22. The summed E-state index contributed by atoms with van der Waals surface area (Å²) in [7, 11) is -1.63. The van der Waals surface area contributed by atoms with E-state index in [1.54, 1.807) is 20.2 Å². The van der Waals surface area contributed by atoms with Gasteiger partial charge in [0.1, 0.15) is 0 Å². The van der Waals surface area contributed by atoms with E-state index in [0.29, 0.717) is 25.7 Å². The van der Waals surface area contributed by atoms with Crippen molar-refractivity contribution in [2.24, 2.45) is 0 Å². The largest absolute Gasteiger partial charge is 0.383 e. The number of piperidine rings is 1. The van der Waals surface area contributed by atoms with Crippen LogP contribution in [0.4, 0.5) is 0 Å². The molecule has 28 heavy (non-hydrogen) atoms. The molecule has 154 valence electrons. The molecule has 0 bridgehead atoms. The van der Waals surface area contributed by atoms with E-state index >= 15 is 0 Å². The molecular formula is C21H31N3O3S. The van der Waals surface area contributed by atoms with E-state index in [2.05, 4.69) is 22.0 Å². The number of sulfone groups is 1. The fourth-order valence-electron chi connectivity index (χ4n) is 3.88. The molecule has 1 aromatic heterocycles. The smallest absolute Gasteiger partial charge is 0.227 e. The van der Waals surface area contributed by atoms with Crippen LogP contribution in [-0.2, 0) is 34.1 Å². The monoisotopic (exact) mass is 405 g/mol. The first-order valence-corrected chi connectivity index (χ1v) is 11.7. The van der Waals surface area contributed by atoms with Crippen LogP contribution in [0.25, 0.3) is 0 Å². The second kappa shape index (κ2) is 9.67. The van der Waals surface area contributed by atoms with E-state index in [1.807, 2.05) is 22.8 Å². The number of imidazole rings is 1. The molecule has 2 aromatic rings. The molecule has 0 N–H and O–H groups in total.